The van der Waals surface area contributed by atoms with Gasteiger partial charge in [-0.3, -0.25) is 4.68 Å². The third-order valence-corrected chi connectivity index (χ3v) is 4.56. The van der Waals surface area contributed by atoms with Gasteiger partial charge in [-0.1, -0.05) is 19.1 Å². The van der Waals surface area contributed by atoms with Gasteiger partial charge in [-0.15, -0.1) is 0 Å². The average molecular weight is 300 g/mol. The molecule has 1 rings (SSSR count). The first-order valence-electron chi connectivity index (χ1n) is 6.71. The Labute approximate surface area is 121 Å². The molecule has 0 saturated carbocycles. The van der Waals surface area contributed by atoms with Crippen molar-refractivity contribution < 1.29 is 8.42 Å². The number of rotatable bonds is 9. The number of aryl methyl sites for hydroxylation is 1. The second-order valence-corrected chi connectivity index (χ2v) is 6.91. The molecular weight excluding hydrogens is 276 g/mol. The van der Waals surface area contributed by atoms with E-state index in [9.17, 15) is 8.42 Å². The van der Waals surface area contributed by atoms with Crippen LogP contribution in [0.4, 0.5) is 0 Å². The van der Waals surface area contributed by atoms with Crippen LogP contribution in [0.1, 0.15) is 20.3 Å². The van der Waals surface area contributed by atoms with E-state index in [1.807, 2.05) is 0 Å². The lowest BCUT2D eigenvalue weighted by Crippen LogP contribution is -2.28. The zero-order valence-electron chi connectivity index (χ0n) is 12.5. The van der Waals surface area contributed by atoms with E-state index >= 15 is 0 Å². The smallest absolute Gasteiger partial charge is 0.246 e. The van der Waals surface area contributed by atoms with Crippen LogP contribution in [-0.4, -0.2) is 49.2 Å². The van der Waals surface area contributed by atoms with E-state index in [4.69, 9.17) is 0 Å². The van der Waals surface area contributed by atoms with E-state index in [0.717, 1.165) is 25.1 Å². The van der Waals surface area contributed by atoms with Gasteiger partial charge in [0, 0.05) is 26.3 Å². The number of likely N-dealkylation sites (N-methyl/N-ethyl adjacent to an activating group) is 1. The molecule has 1 aromatic heterocycles. The molecule has 0 bridgehead atoms. The minimum absolute atomic E-state index is 0.227. The standard InChI is InChI=1S/C13H24N4O2S/c1-5-14-7-6-8-17-11-13(9-15-17)20(18,19)16(4)10-12(2)3/h9,11,14H,2,5-8,10H2,1,3-4H3. The maximum absolute atomic E-state index is 12.3. The SMILES string of the molecule is C=C(C)CN(C)S(=O)(=O)c1cnn(CCCNCC)c1. The Hall–Kier alpha value is -1.18. The van der Waals surface area contributed by atoms with Crippen molar-refractivity contribution in [3.63, 3.8) is 0 Å². The van der Waals surface area contributed by atoms with Gasteiger partial charge < -0.3 is 5.32 Å². The van der Waals surface area contributed by atoms with Gasteiger partial charge in [-0.25, -0.2) is 8.42 Å². The Balaban J connectivity index is 2.67. The molecule has 6 nitrogen and oxygen atoms in total. The van der Waals surface area contributed by atoms with Gasteiger partial charge in [-0.2, -0.15) is 9.40 Å². The molecule has 0 aliphatic carbocycles. The van der Waals surface area contributed by atoms with Crippen molar-refractivity contribution in [2.45, 2.75) is 31.7 Å². The van der Waals surface area contributed by atoms with Gasteiger partial charge >= 0.3 is 0 Å². The lowest BCUT2D eigenvalue weighted by atomic mass is 10.4. The van der Waals surface area contributed by atoms with Crippen LogP contribution in [0.15, 0.2) is 29.4 Å². The summed E-state index contributed by atoms with van der Waals surface area (Å²) in [5.41, 5.74) is 0.800. The summed E-state index contributed by atoms with van der Waals surface area (Å²) in [4.78, 5) is 0.227. The van der Waals surface area contributed by atoms with Crippen LogP contribution in [0.2, 0.25) is 0 Å². The maximum Gasteiger partial charge on any atom is 0.246 e. The Morgan fingerprint density at radius 2 is 2.25 bits per heavy atom. The van der Waals surface area contributed by atoms with Crippen LogP contribution < -0.4 is 5.32 Å². The average Bonchev–Trinajstić information content (AvgIpc) is 2.83. The van der Waals surface area contributed by atoms with E-state index < -0.39 is 10.0 Å². The van der Waals surface area contributed by atoms with Crippen LogP contribution in [0.25, 0.3) is 0 Å². The summed E-state index contributed by atoms with van der Waals surface area (Å²) in [6.45, 7) is 10.4. The molecule has 0 spiro atoms. The minimum Gasteiger partial charge on any atom is -0.317 e. The summed E-state index contributed by atoms with van der Waals surface area (Å²) in [6, 6.07) is 0. The quantitative estimate of drug-likeness (QED) is 0.547. The number of aromatic nitrogens is 2. The summed E-state index contributed by atoms with van der Waals surface area (Å²) in [7, 11) is -1.93. The number of nitrogens with one attached hydrogen (secondary N) is 1. The second-order valence-electron chi connectivity index (χ2n) is 4.86. The Morgan fingerprint density at radius 3 is 2.85 bits per heavy atom. The summed E-state index contributed by atoms with van der Waals surface area (Å²) < 4.78 is 27.5. The predicted molar refractivity (Wildman–Crippen MR) is 80.0 cm³/mol. The molecule has 20 heavy (non-hydrogen) atoms. The first-order chi connectivity index (χ1) is 9.37. The van der Waals surface area contributed by atoms with E-state index in [-0.39, 0.29) is 4.90 Å². The number of sulfonamides is 1. The first-order valence-corrected chi connectivity index (χ1v) is 8.15. The molecule has 7 heteroatoms. The van der Waals surface area contributed by atoms with Crippen LogP contribution in [0, 0.1) is 0 Å². The van der Waals surface area contributed by atoms with Crippen molar-refractivity contribution in [1.29, 1.82) is 0 Å². The van der Waals surface area contributed by atoms with Gasteiger partial charge in [0.15, 0.2) is 0 Å². The van der Waals surface area contributed by atoms with Crippen LogP contribution in [0.5, 0.6) is 0 Å². The summed E-state index contributed by atoms with van der Waals surface area (Å²) in [5, 5.41) is 7.32. The van der Waals surface area contributed by atoms with Crippen molar-refractivity contribution in [3.8, 4) is 0 Å². The third kappa shape index (κ3) is 4.73. The van der Waals surface area contributed by atoms with Crippen LogP contribution in [-0.2, 0) is 16.6 Å². The first kappa shape index (κ1) is 16.9. The molecule has 0 saturated heterocycles. The van der Waals surface area contributed by atoms with Crippen molar-refractivity contribution in [3.05, 3.63) is 24.5 Å². The number of nitrogens with zero attached hydrogens (tertiary/aromatic N) is 3. The lowest BCUT2D eigenvalue weighted by Gasteiger charge is -2.15. The summed E-state index contributed by atoms with van der Waals surface area (Å²) in [5.74, 6) is 0. The molecule has 0 aliphatic rings. The molecule has 0 aliphatic heterocycles. The molecule has 1 aromatic rings. The lowest BCUT2D eigenvalue weighted by molar-refractivity contribution is 0.492. The molecule has 0 fully saturated rings. The second kappa shape index (κ2) is 7.56. The van der Waals surface area contributed by atoms with Crippen molar-refractivity contribution in [1.82, 2.24) is 19.4 Å². The van der Waals surface area contributed by atoms with E-state index in [1.165, 1.54) is 10.5 Å². The van der Waals surface area contributed by atoms with Gasteiger partial charge in [0.25, 0.3) is 0 Å². The van der Waals surface area contributed by atoms with E-state index in [0.29, 0.717) is 13.1 Å². The molecule has 0 unspecified atom stereocenters. The van der Waals surface area contributed by atoms with Gasteiger partial charge in [0.2, 0.25) is 10.0 Å². The predicted octanol–water partition coefficient (Wildman–Crippen LogP) is 1.08. The Kier molecular flexibility index (Phi) is 6.38. The van der Waals surface area contributed by atoms with Crippen molar-refractivity contribution >= 4 is 10.0 Å². The van der Waals surface area contributed by atoms with Gasteiger partial charge in [-0.05, 0) is 26.4 Å². The fraction of sp³-hybridized carbons (Fsp3) is 0.615. The van der Waals surface area contributed by atoms with Gasteiger partial charge in [0.1, 0.15) is 4.90 Å². The summed E-state index contributed by atoms with van der Waals surface area (Å²) >= 11 is 0. The van der Waals surface area contributed by atoms with Crippen molar-refractivity contribution in [2.24, 2.45) is 0 Å². The third-order valence-electron chi connectivity index (χ3n) is 2.80. The molecule has 0 radical (unpaired) electrons. The highest BCUT2D eigenvalue weighted by molar-refractivity contribution is 7.89. The number of hydrogen-bond donors (Lipinski definition) is 1. The summed E-state index contributed by atoms with van der Waals surface area (Å²) in [6.07, 6.45) is 3.89. The largest absolute Gasteiger partial charge is 0.317 e. The van der Waals surface area contributed by atoms with Gasteiger partial charge in [0.05, 0.1) is 6.20 Å². The molecule has 1 heterocycles. The van der Waals surface area contributed by atoms with E-state index in [2.05, 4.69) is 23.9 Å². The maximum atomic E-state index is 12.3. The molecule has 0 atom stereocenters. The highest BCUT2D eigenvalue weighted by atomic mass is 32.2. The highest BCUT2D eigenvalue weighted by Crippen LogP contribution is 2.14. The van der Waals surface area contributed by atoms with Crippen LogP contribution >= 0.6 is 0 Å². The minimum atomic E-state index is -3.47. The molecule has 114 valence electrons. The zero-order valence-corrected chi connectivity index (χ0v) is 13.3. The Morgan fingerprint density at radius 1 is 1.55 bits per heavy atom. The molecule has 1 N–H and O–H groups in total. The van der Waals surface area contributed by atoms with E-state index in [1.54, 1.807) is 24.9 Å². The highest BCUT2D eigenvalue weighted by Gasteiger charge is 2.22. The molecular formula is C13H24N4O2S. The Bertz CT molecular complexity index is 536. The topological polar surface area (TPSA) is 67.2 Å². The fourth-order valence-electron chi connectivity index (χ4n) is 1.79. The molecule has 0 aromatic carbocycles. The monoisotopic (exact) mass is 300 g/mol. The van der Waals surface area contributed by atoms with Crippen LogP contribution in [0.3, 0.4) is 0 Å². The number of hydrogen-bond acceptors (Lipinski definition) is 4. The normalized spacial score (nSPS) is 12.0. The fourth-order valence-corrected chi connectivity index (χ4v) is 2.97. The zero-order chi connectivity index (χ0) is 15.2. The van der Waals surface area contributed by atoms with Crippen molar-refractivity contribution in [2.75, 3.05) is 26.7 Å². The molecule has 0 amide bonds.